The molecule has 3 nitrogen and oxygen atoms in total. The Balaban J connectivity index is 2.48. The minimum absolute atomic E-state index is 0.0551. The van der Waals surface area contributed by atoms with Crippen LogP contribution in [0.3, 0.4) is 0 Å². The van der Waals surface area contributed by atoms with Gasteiger partial charge in [0, 0.05) is 16.5 Å². The first kappa shape index (κ1) is 13.4. The van der Waals surface area contributed by atoms with Gasteiger partial charge in [-0.05, 0) is 23.8 Å². The van der Waals surface area contributed by atoms with Crippen molar-refractivity contribution in [2.45, 2.75) is 12.3 Å². The van der Waals surface area contributed by atoms with E-state index in [2.05, 4.69) is 0 Å². The number of phenols is 1. The van der Waals surface area contributed by atoms with E-state index in [1.807, 2.05) is 30.3 Å². The van der Waals surface area contributed by atoms with Gasteiger partial charge in [0.05, 0.1) is 6.42 Å². The molecule has 0 bridgehead atoms. The number of halogens is 1. The lowest BCUT2D eigenvalue weighted by Crippen LogP contribution is -2.08. The third-order valence-corrected chi connectivity index (χ3v) is 3.18. The van der Waals surface area contributed by atoms with Crippen LogP contribution in [0.1, 0.15) is 23.5 Å². The molecule has 0 aliphatic rings. The van der Waals surface area contributed by atoms with Crippen LogP contribution in [0.4, 0.5) is 0 Å². The predicted octanol–water partition coefficient (Wildman–Crippen LogP) is 3.65. The second-order valence-corrected chi connectivity index (χ2v) is 4.70. The number of hydrogen-bond donors (Lipinski definition) is 2. The van der Waals surface area contributed by atoms with Crippen LogP contribution in [0, 0.1) is 0 Å². The Morgan fingerprint density at radius 3 is 2.47 bits per heavy atom. The fourth-order valence-electron chi connectivity index (χ4n) is 2.07. The summed E-state index contributed by atoms with van der Waals surface area (Å²) in [7, 11) is 0. The topological polar surface area (TPSA) is 57.5 Å². The third-order valence-electron chi connectivity index (χ3n) is 2.95. The van der Waals surface area contributed by atoms with E-state index < -0.39 is 11.9 Å². The molecule has 0 heterocycles. The molecule has 0 saturated carbocycles. The van der Waals surface area contributed by atoms with E-state index in [-0.39, 0.29) is 12.2 Å². The van der Waals surface area contributed by atoms with E-state index in [1.54, 1.807) is 12.1 Å². The van der Waals surface area contributed by atoms with Crippen molar-refractivity contribution in [1.29, 1.82) is 0 Å². The molecule has 0 saturated heterocycles. The van der Waals surface area contributed by atoms with E-state index >= 15 is 0 Å². The van der Waals surface area contributed by atoms with Gasteiger partial charge in [-0.1, -0.05) is 41.9 Å². The monoisotopic (exact) mass is 276 g/mol. The van der Waals surface area contributed by atoms with Crippen LogP contribution in [-0.4, -0.2) is 16.2 Å². The van der Waals surface area contributed by atoms with E-state index in [0.717, 1.165) is 5.56 Å². The SMILES string of the molecule is O=C(O)C[C@@H](c1ccccc1)c1cc(Cl)ccc1O. The maximum atomic E-state index is 11.0. The zero-order valence-corrected chi connectivity index (χ0v) is 10.8. The smallest absolute Gasteiger partial charge is 0.304 e. The van der Waals surface area contributed by atoms with E-state index in [1.165, 1.54) is 6.07 Å². The van der Waals surface area contributed by atoms with Crippen LogP contribution < -0.4 is 0 Å². The Hall–Kier alpha value is -2.00. The first-order valence-electron chi connectivity index (χ1n) is 5.83. The summed E-state index contributed by atoms with van der Waals surface area (Å²) in [4.78, 5) is 11.0. The summed E-state index contributed by atoms with van der Waals surface area (Å²) in [6.45, 7) is 0. The van der Waals surface area contributed by atoms with Crippen molar-refractivity contribution in [3.05, 3.63) is 64.7 Å². The van der Waals surface area contributed by atoms with Crippen LogP contribution in [-0.2, 0) is 4.79 Å². The quantitative estimate of drug-likeness (QED) is 0.896. The van der Waals surface area contributed by atoms with Gasteiger partial charge in [-0.3, -0.25) is 4.79 Å². The standard InChI is InChI=1S/C15H13ClO3/c16-11-6-7-14(17)13(8-11)12(9-15(18)19)10-4-2-1-3-5-10/h1-8,12,17H,9H2,(H,18,19)/t12-/m0/s1. The molecule has 0 radical (unpaired) electrons. The molecule has 19 heavy (non-hydrogen) atoms. The van der Waals surface area contributed by atoms with Crippen LogP contribution in [0.2, 0.25) is 5.02 Å². The second kappa shape index (κ2) is 5.76. The van der Waals surface area contributed by atoms with E-state index in [9.17, 15) is 9.90 Å². The summed E-state index contributed by atoms with van der Waals surface area (Å²) in [5.41, 5.74) is 1.36. The van der Waals surface area contributed by atoms with Crippen LogP contribution in [0.15, 0.2) is 48.5 Å². The summed E-state index contributed by atoms with van der Waals surface area (Å²) in [5, 5.41) is 19.5. The molecule has 0 spiro atoms. The molecule has 2 rings (SSSR count). The Bertz CT molecular complexity index is 581. The highest BCUT2D eigenvalue weighted by molar-refractivity contribution is 6.30. The summed E-state index contributed by atoms with van der Waals surface area (Å²) in [6.07, 6.45) is -0.0993. The first-order valence-corrected chi connectivity index (χ1v) is 6.21. The number of benzene rings is 2. The van der Waals surface area contributed by atoms with Crippen molar-refractivity contribution in [2.75, 3.05) is 0 Å². The number of rotatable bonds is 4. The predicted molar refractivity (Wildman–Crippen MR) is 73.7 cm³/mol. The normalized spacial score (nSPS) is 12.1. The van der Waals surface area contributed by atoms with Crippen molar-refractivity contribution >= 4 is 17.6 Å². The minimum Gasteiger partial charge on any atom is -0.508 e. The highest BCUT2D eigenvalue weighted by Gasteiger charge is 2.21. The number of aliphatic carboxylic acids is 1. The zero-order valence-electron chi connectivity index (χ0n) is 10.1. The molecule has 4 heteroatoms. The highest BCUT2D eigenvalue weighted by Crippen LogP contribution is 2.35. The van der Waals surface area contributed by atoms with Crippen molar-refractivity contribution in [1.82, 2.24) is 0 Å². The molecule has 0 fully saturated rings. The Morgan fingerprint density at radius 2 is 1.84 bits per heavy atom. The molecule has 2 aromatic rings. The lowest BCUT2D eigenvalue weighted by molar-refractivity contribution is -0.137. The number of hydrogen-bond acceptors (Lipinski definition) is 2. The maximum absolute atomic E-state index is 11.0. The molecular weight excluding hydrogens is 264 g/mol. The maximum Gasteiger partial charge on any atom is 0.304 e. The summed E-state index contributed by atoms with van der Waals surface area (Å²) in [5.74, 6) is -1.29. The van der Waals surface area contributed by atoms with Crippen molar-refractivity contribution in [3.8, 4) is 5.75 Å². The zero-order chi connectivity index (χ0) is 13.8. The fraction of sp³-hybridized carbons (Fsp3) is 0.133. The van der Waals surface area contributed by atoms with Gasteiger partial charge in [0.25, 0.3) is 0 Å². The number of carboxylic acids is 1. The van der Waals surface area contributed by atoms with Gasteiger partial charge >= 0.3 is 5.97 Å². The van der Waals surface area contributed by atoms with Gasteiger partial charge in [0.1, 0.15) is 5.75 Å². The Labute approximate surface area is 116 Å². The van der Waals surface area contributed by atoms with Crippen LogP contribution in [0.5, 0.6) is 5.75 Å². The molecule has 0 aliphatic carbocycles. The number of aromatic hydroxyl groups is 1. The van der Waals surface area contributed by atoms with Gasteiger partial charge in [-0.25, -0.2) is 0 Å². The first-order chi connectivity index (χ1) is 9.08. The molecule has 2 aromatic carbocycles. The van der Waals surface area contributed by atoms with E-state index in [4.69, 9.17) is 16.7 Å². The third kappa shape index (κ3) is 3.26. The van der Waals surface area contributed by atoms with Gasteiger partial charge in [-0.15, -0.1) is 0 Å². The second-order valence-electron chi connectivity index (χ2n) is 4.26. The Morgan fingerprint density at radius 1 is 1.16 bits per heavy atom. The van der Waals surface area contributed by atoms with Crippen LogP contribution in [0.25, 0.3) is 0 Å². The van der Waals surface area contributed by atoms with Gasteiger partial charge in [0.15, 0.2) is 0 Å². The van der Waals surface area contributed by atoms with Gasteiger partial charge < -0.3 is 10.2 Å². The molecule has 2 N–H and O–H groups in total. The summed E-state index contributed by atoms with van der Waals surface area (Å²) >= 11 is 5.93. The molecular formula is C15H13ClO3. The van der Waals surface area contributed by atoms with Crippen molar-refractivity contribution < 1.29 is 15.0 Å². The number of carbonyl (C=O) groups is 1. The lowest BCUT2D eigenvalue weighted by atomic mass is 9.88. The lowest BCUT2D eigenvalue weighted by Gasteiger charge is -2.17. The molecule has 0 aliphatic heterocycles. The Kier molecular flexibility index (Phi) is 4.07. The summed E-state index contributed by atoms with van der Waals surface area (Å²) in [6, 6.07) is 13.9. The molecule has 0 amide bonds. The van der Waals surface area contributed by atoms with Crippen LogP contribution >= 0.6 is 11.6 Å². The van der Waals surface area contributed by atoms with Gasteiger partial charge in [0.2, 0.25) is 0 Å². The molecule has 0 unspecified atom stereocenters. The van der Waals surface area contributed by atoms with E-state index in [0.29, 0.717) is 10.6 Å². The minimum atomic E-state index is -0.923. The average Bonchev–Trinajstić information content (AvgIpc) is 2.40. The fourth-order valence-corrected chi connectivity index (χ4v) is 2.25. The highest BCUT2D eigenvalue weighted by atomic mass is 35.5. The largest absolute Gasteiger partial charge is 0.508 e. The summed E-state index contributed by atoms with van der Waals surface area (Å²) < 4.78 is 0. The van der Waals surface area contributed by atoms with Crippen molar-refractivity contribution in [2.24, 2.45) is 0 Å². The van der Waals surface area contributed by atoms with Gasteiger partial charge in [-0.2, -0.15) is 0 Å². The number of phenolic OH excluding ortho intramolecular Hbond substituents is 1. The van der Waals surface area contributed by atoms with Crippen molar-refractivity contribution in [3.63, 3.8) is 0 Å². The molecule has 0 aromatic heterocycles. The molecule has 1 atom stereocenters. The molecule has 98 valence electrons. The average molecular weight is 277 g/mol. The number of carboxylic acid groups (broad SMARTS) is 1.